The number of thioether (sulfide) groups is 1. The van der Waals surface area contributed by atoms with Crippen LogP contribution in [0.4, 0.5) is 15.3 Å². The van der Waals surface area contributed by atoms with Crippen molar-refractivity contribution >= 4 is 34.6 Å². The highest BCUT2D eigenvalue weighted by atomic mass is 32.2. The Morgan fingerprint density at radius 1 is 1.00 bits per heavy atom. The molecule has 0 bridgehead atoms. The van der Waals surface area contributed by atoms with E-state index in [0.29, 0.717) is 5.69 Å². The van der Waals surface area contributed by atoms with Gasteiger partial charge in [0.15, 0.2) is 0 Å². The molecule has 1 unspecified atom stereocenters. The summed E-state index contributed by atoms with van der Waals surface area (Å²) in [7, 11) is 0. The van der Waals surface area contributed by atoms with Crippen LogP contribution < -0.4 is 5.32 Å². The Kier molecular flexibility index (Phi) is 6.38. The number of amides is 4. The number of likely N-dealkylation sites (tertiary alicyclic amines) is 1. The molecule has 0 spiro atoms. The Bertz CT molecular complexity index is 901. The zero-order valence-corrected chi connectivity index (χ0v) is 17.6. The van der Waals surface area contributed by atoms with E-state index >= 15 is 0 Å². The van der Waals surface area contributed by atoms with E-state index in [1.807, 2.05) is 47.4 Å². The fourth-order valence-electron chi connectivity index (χ4n) is 3.97. The lowest BCUT2D eigenvalue weighted by Gasteiger charge is -2.36. The molecule has 4 amide bonds. The van der Waals surface area contributed by atoms with Gasteiger partial charge in [-0.25, -0.2) is 4.79 Å². The first-order valence-corrected chi connectivity index (χ1v) is 11.3. The number of carbonyl (C=O) groups is 3. The molecule has 2 fully saturated rings. The standard InChI is InChI=1S/C23H25N3O3S/c27-21-16-30-23(29)26(21)15-18-9-11-19(12-10-18)24-22(28)25-13-5-4-8-20(25)14-17-6-2-1-3-7-17/h1-3,6-7,9-12,20H,4-5,8,13-16H2,(H,24,28). The van der Waals surface area contributed by atoms with Crippen LogP contribution in [0.2, 0.25) is 0 Å². The summed E-state index contributed by atoms with van der Waals surface area (Å²) in [5.74, 6) is 0.0596. The topological polar surface area (TPSA) is 69.7 Å². The Morgan fingerprint density at radius 2 is 1.77 bits per heavy atom. The minimum Gasteiger partial charge on any atom is -0.321 e. The highest BCUT2D eigenvalue weighted by Crippen LogP contribution is 2.24. The average molecular weight is 424 g/mol. The average Bonchev–Trinajstić information content (AvgIpc) is 3.08. The molecule has 0 saturated carbocycles. The van der Waals surface area contributed by atoms with Gasteiger partial charge in [-0.3, -0.25) is 14.5 Å². The molecule has 7 heteroatoms. The predicted octanol–water partition coefficient (Wildman–Crippen LogP) is 4.51. The Balaban J connectivity index is 1.37. The van der Waals surface area contributed by atoms with Crippen molar-refractivity contribution in [3.63, 3.8) is 0 Å². The molecule has 2 heterocycles. The maximum atomic E-state index is 12.9. The first kappa shape index (κ1) is 20.5. The lowest BCUT2D eigenvalue weighted by molar-refractivity contribution is -0.125. The molecule has 6 nitrogen and oxygen atoms in total. The third-order valence-electron chi connectivity index (χ3n) is 5.59. The fourth-order valence-corrected chi connectivity index (χ4v) is 4.70. The number of hydrogen-bond donors (Lipinski definition) is 1. The molecule has 0 aliphatic carbocycles. The summed E-state index contributed by atoms with van der Waals surface area (Å²) in [6.45, 7) is 1.03. The number of nitrogens with one attached hydrogen (secondary N) is 1. The number of nitrogens with zero attached hydrogens (tertiary/aromatic N) is 2. The summed E-state index contributed by atoms with van der Waals surface area (Å²) < 4.78 is 0. The van der Waals surface area contributed by atoms with Crippen LogP contribution in [0, 0.1) is 0 Å². The molecule has 1 N–H and O–H groups in total. The van der Waals surface area contributed by atoms with Crippen molar-refractivity contribution in [2.45, 2.75) is 38.3 Å². The van der Waals surface area contributed by atoms with E-state index in [1.54, 1.807) is 0 Å². The maximum absolute atomic E-state index is 12.9. The van der Waals surface area contributed by atoms with E-state index in [9.17, 15) is 14.4 Å². The summed E-state index contributed by atoms with van der Waals surface area (Å²) in [6.07, 6.45) is 4.04. The van der Waals surface area contributed by atoms with E-state index in [-0.39, 0.29) is 35.5 Å². The molecule has 0 aromatic heterocycles. The van der Waals surface area contributed by atoms with Gasteiger partial charge in [0, 0.05) is 18.3 Å². The van der Waals surface area contributed by atoms with Crippen LogP contribution in [-0.4, -0.2) is 45.3 Å². The van der Waals surface area contributed by atoms with Crippen molar-refractivity contribution < 1.29 is 14.4 Å². The Morgan fingerprint density at radius 3 is 2.47 bits per heavy atom. The largest absolute Gasteiger partial charge is 0.322 e. The second-order valence-corrected chi connectivity index (χ2v) is 8.62. The number of imide groups is 1. The molecule has 2 aromatic rings. The van der Waals surface area contributed by atoms with E-state index in [4.69, 9.17) is 0 Å². The monoisotopic (exact) mass is 423 g/mol. The zero-order valence-electron chi connectivity index (χ0n) is 16.8. The van der Waals surface area contributed by atoms with Gasteiger partial charge in [-0.1, -0.05) is 54.2 Å². The van der Waals surface area contributed by atoms with E-state index in [0.717, 1.165) is 49.6 Å². The minimum absolute atomic E-state index is 0.0790. The molecular formula is C23H25N3O3S. The predicted molar refractivity (Wildman–Crippen MR) is 118 cm³/mol. The van der Waals surface area contributed by atoms with Crippen LogP contribution in [0.25, 0.3) is 0 Å². The summed E-state index contributed by atoms with van der Waals surface area (Å²) in [5, 5.41) is 2.80. The molecule has 2 saturated heterocycles. The number of urea groups is 1. The van der Waals surface area contributed by atoms with E-state index in [2.05, 4.69) is 17.4 Å². The number of benzene rings is 2. The van der Waals surface area contributed by atoms with Crippen molar-refractivity contribution in [1.29, 1.82) is 0 Å². The van der Waals surface area contributed by atoms with Gasteiger partial charge < -0.3 is 10.2 Å². The molecule has 1 atom stereocenters. The van der Waals surface area contributed by atoms with Gasteiger partial charge in [-0.15, -0.1) is 0 Å². The Labute approximate surface area is 180 Å². The van der Waals surface area contributed by atoms with E-state index < -0.39 is 0 Å². The zero-order chi connectivity index (χ0) is 20.9. The summed E-state index contributed by atoms with van der Waals surface area (Å²) in [6, 6.07) is 17.7. The summed E-state index contributed by atoms with van der Waals surface area (Å²) >= 11 is 1.04. The van der Waals surface area contributed by atoms with Crippen molar-refractivity contribution in [3.05, 3.63) is 65.7 Å². The molecular weight excluding hydrogens is 398 g/mol. The van der Waals surface area contributed by atoms with Crippen LogP contribution >= 0.6 is 11.8 Å². The first-order valence-electron chi connectivity index (χ1n) is 10.3. The van der Waals surface area contributed by atoms with Crippen LogP contribution in [0.15, 0.2) is 54.6 Å². The lowest BCUT2D eigenvalue weighted by atomic mass is 9.96. The van der Waals surface area contributed by atoms with Crippen LogP contribution in [0.1, 0.15) is 30.4 Å². The highest BCUT2D eigenvalue weighted by molar-refractivity contribution is 8.14. The van der Waals surface area contributed by atoms with E-state index in [1.165, 1.54) is 10.5 Å². The van der Waals surface area contributed by atoms with Gasteiger partial charge in [0.25, 0.3) is 5.24 Å². The molecule has 2 aliphatic heterocycles. The summed E-state index contributed by atoms with van der Waals surface area (Å²) in [4.78, 5) is 39.6. The minimum atomic E-state index is -0.202. The summed E-state index contributed by atoms with van der Waals surface area (Å²) in [5.41, 5.74) is 2.81. The SMILES string of the molecule is O=C1CSC(=O)N1Cc1ccc(NC(=O)N2CCCCC2Cc2ccccc2)cc1. The molecule has 2 aromatic carbocycles. The molecule has 30 heavy (non-hydrogen) atoms. The van der Waals surface area contributed by atoms with Crippen LogP contribution in [0.3, 0.4) is 0 Å². The third-order valence-corrected chi connectivity index (χ3v) is 6.45. The number of hydrogen-bond acceptors (Lipinski definition) is 4. The Hall–Kier alpha value is -2.80. The number of carbonyl (C=O) groups excluding carboxylic acids is 3. The normalized spacial score (nSPS) is 19.3. The van der Waals surface area contributed by atoms with Crippen LogP contribution in [-0.2, 0) is 17.8 Å². The first-order chi connectivity index (χ1) is 14.6. The number of piperidine rings is 1. The lowest BCUT2D eigenvalue weighted by Crippen LogP contribution is -2.46. The van der Waals surface area contributed by atoms with Gasteiger partial charge in [0.1, 0.15) is 0 Å². The van der Waals surface area contributed by atoms with Crippen LogP contribution in [0.5, 0.6) is 0 Å². The fraction of sp³-hybridized carbons (Fsp3) is 0.348. The van der Waals surface area contributed by atoms with Gasteiger partial charge in [0.05, 0.1) is 12.3 Å². The highest BCUT2D eigenvalue weighted by Gasteiger charge is 2.30. The smallest absolute Gasteiger partial charge is 0.321 e. The van der Waals surface area contributed by atoms with Crippen molar-refractivity contribution in [3.8, 4) is 0 Å². The second-order valence-electron chi connectivity index (χ2n) is 7.69. The maximum Gasteiger partial charge on any atom is 0.322 e. The van der Waals surface area contributed by atoms with Gasteiger partial charge in [-0.05, 0) is 48.9 Å². The quantitative estimate of drug-likeness (QED) is 0.768. The molecule has 4 rings (SSSR count). The number of rotatable bonds is 5. The number of anilines is 1. The van der Waals surface area contributed by atoms with Gasteiger partial charge in [0.2, 0.25) is 5.91 Å². The van der Waals surface area contributed by atoms with Gasteiger partial charge >= 0.3 is 6.03 Å². The van der Waals surface area contributed by atoms with Crippen molar-refractivity contribution in [2.24, 2.45) is 0 Å². The van der Waals surface area contributed by atoms with Crippen molar-refractivity contribution in [2.75, 3.05) is 17.6 Å². The van der Waals surface area contributed by atoms with Gasteiger partial charge in [-0.2, -0.15) is 0 Å². The van der Waals surface area contributed by atoms with Crippen molar-refractivity contribution in [1.82, 2.24) is 9.80 Å². The third kappa shape index (κ3) is 4.84. The molecule has 2 aliphatic rings. The molecule has 0 radical (unpaired) electrons. The second kappa shape index (κ2) is 9.34. The molecule has 156 valence electrons.